The molecule has 0 spiro atoms. The van der Waals surface area contributed by atoms with Crippen molar-refractivity contribution in [1.82, 2.24) is 0 Å². The van der Waals surface area contributed by atoms with Crippen LogP contribution < -0.4 is 4.90 Å². The van der Waals surface area contributed by atoms with Crippen LogP contribution in [0.1, 0.15) is 18.4 Å². The van der Waals surface area contributed by atoms with E-state index in [9.17, 15) is 8.78 Å². The molecular weight excluding hydrogens is 268 g/mol. The number of hydrogen-bond donors (Lipinski definition) is 2. The summed E-state index contributed by atoms with van der Waals surface area (Å²) in [7, 11) is 0. The van der Waals surface area contributed by atoms with Gasteiger partial charge in [0, 0.05) is 13.1 Å². The molecule has 1 heterocycles. The zero-order chi connectivity index (χ0) is 14.5. The Morgan fingerprint density at radius 3 is 2.25 bits per heavy atom. The van der Waals surface area contributed by atoms with Gasteiger partial charge in [0.25, 0.3) is 0 Å². The first kappa shape index (κ1) is 15.2. The molecule has 0 aliphatic carbocycles. The molecule has 1 aliphatic rings. The second-order valence-electron chi connectivity index (χ2n) is 4.85. The van der Waals surface area contributed by atoms with Crippen molar-refractivity contribution in [3.05, 3.63) is 29.3 Å². The van der Waals surface area contributed by atoms with E-state index >= 15 is 0 Å². The maximum atomic E-state index is 13.9. The van der Waals surface area contributed by atoms with Crippen molar-refractivity contribution in [2.45, 2.75) is 25.6 Å². The van der Waals surface area contributed by atoms with Crippen LogP contribution in [0.5, 0.6) is 0 Å². The Kier molecular flexibility index (Phi) is 5.28. The zero-order valence-electron chi connectivity index (χ0n) is 11.2. The zero-order valence-corrected chi connectivity index (χ0v) is 11.2. The van der Waals surface area contributed by atoms with E-state index in [4.69, 9.17) is 14.9 Å². The smallest absolute Gasteiger partial charge is 0.149 e. The number of ether oxygens (including phenoxy) is 1. The van der Waals surface area contributed by atoms with Gasteiger partial charge in [-0.1, -0.05) is 0 Å². The lowest BCUT2D eigenvalue weighted by Gasteiger charge is -2.33. The summed E-state index contributed by atoms with van der Waals surface area (Å²) in [4.78, 5) is 1.66. The van der Waals surface area contributed by atoms with Crippen LogP contribution in [0.2, 0.25) is 0 Å². The third kappa shape index (κ3) is 3.45. The van der Waals surface area contributed by atoms with Gasteiger partial charge in [0.05, 0.1) is 25.9 Å². The van der Waals surface area contributed by atoms with E-state index in [1.54, 1.807) is 4.90 Å². The lowest BCUT2D eigenvalue weighted by molar-refractivity contribution is 0.0158. The molecule has 0 aromatic heterocycles. The second-order valence-corrected chi connectivity index (χ2v) is 4.85. The van der Waals surface area contributed by atoms with Crippen LogP contribution >= 0.6 is 0 Å². The molecule has 20 heavy (non-hydrogen) atoms. The number of anilines is 1. The molecule has 4 nitrogen and oxygen atoms in total. The Hall–Kier alpha value is -1.24. The molecule has 6 heteroatoms. The summed E-state index contributed by atoms with van der Waals surface area (Å²) in [5, 5.41) is 17.6. The van der Waals surface area contributed by atoms with Crippen molar-refractivity contribution >= 4 is 5.69 Å². The number of aliphatic hydroxyl groups excluding tert-OH is 2. The van der Waals surface area contributed by atoms with Crippen LogP contribution in [-0.4, -0.2) is 42.6 Å². The summed E-state index contributed by atoms with van der Waals surface area (Å²) >= 11 is 0. The summed E-state index contributed by atoms with van der Waals surface area (Å²) in [5.74, 6) is -1.30. The monoisotopic (exact) mass is 287 g/mol. The Bertz CT molecular complexity index is 425. The van der Waals surface area contributed by atoms with Gasteiger partial charge in [-0.15, -0.1) is 0 Å². The van der Waals surface area contributed by atoms with Crippen LogP contribution in [0.3, 0.4) is 0 Å². The minimum absolute atomic E-state index is 0.0217. The third-order valence-electron chi connectivity index (χ3n) is 3.46. The molecule has 1 aromatic rings. The molecule has 0 atom stereocenters. The van der Waals surface area contributed by atoms with E-state index in [2.05, 4.69) is 0 Å². The topological polar surface area (TPSA) is 52.9 Å². The van der Waals surface area contributed by atoms with Crippen LogP contribution in [-0.2, 0) is 11.3 Å². The van der Waals surface area contributed by atoms with Crippen molar-refractivity contribution in [1.29, 1.82) is 0 Å². The average Bonchev–Trinajstić information content (AvgIpc) is 2.45. The molecular formula is C14H19F2NO3. The maximum Gasteiger partial charge on any atom is 0.149 e. The van der Waals surface area contributed by atoms with Crippen LogP contribution in [0, 0.1) is 11.6 Å². The minimum atomic E-state index is -0.649. The van der Waals surface area contributed by atoms with E-state index in [-0.39, 0.29) is 30.6 Å². The van der Waals surface area contributed by atoms with Gasteiger partial charge >= 0.3 is 0 Å². The number of piperidine rings is 1. The van der Waals surface area contributed by atoms with Crippen LogP contribution in [0.4, 0.5) is 14.5 Å². The molecule has 1 aliphatic heterocycles. The SMILES string of the molecule is OCCOC1CCN(c2c(F)cc(CO)cc2F)CC1. The number of nitrogens with zero attached hydrogens (tertiary/aromatic N) is 1. The fraction of sp³-hybridized carbons (Fsp3) is 0.571. The summed E-state index contributed by atoms with van der Waals surface area (Å²) in [6.45, 7) is 0.890. The molecule has 0 bridgehead atoms. The lowest BCUT2D eigenvalue weighted by Crippen LogP contribution is -2.38. The van der Waals surface area contributed by atoms with Crippen LogP contribution in [0.15, 0.2) is 12.1 Å². The first-order chi connectivity index (χ1) is 9.65. The van der Waals surface area contributed by atoms with Crippen molar-refractivity contribution < 1.29 is 23.7 Å². The van der Waals surface area contributed by atoms with Gasteiger partial charge in [-0.05, 0) is 30.5 Å². The number of halogens is 2. The Labute approximate surface area is 116 Å². The Morgan fingerprint density at radius 2 is 1.75 bits per heavy atom. The molecule has 1 saturated heterocycles. The minimum Gasteiger partial charge on any atom is -0.394 e. The predicted octanol–water partition coefficient (Wildman–Crippen LogP) is 1.43. The number of hydrogen-bond acceptors (Lipinski definition) is 4. The number of benzene rings is 1. The van der Waals surface area contributed by atoms with E-state index < -0.39 is 11.6 Å². The number of aliphatic hydroxyl groups is 2. The van der Waals surface area contributed by atoms with Gasteiger partial charge in [-0.2, -0.15) is 0 Å². The fourth-order valence-corrected chi connectivity index (χ4v) is 2.48. The van der Waals surface area contributed by atoms with E-state index in [1.165, 1.54) is 0 Å². The molecule has 1 fully saturated rings. The Balaban J connectivity index is 2.03. The molecule has 0 unspecified atom stereocenters. The van der Waals surface area contributed by atoms with Gasteiger partial charge in [0.15, 0.2) is 0 Å². The molecule has 0 saturated carbocycles. The lowest BCUT2D eigenvalue weighted by atomic mass is 10.1. The largest absolute Gasteiger partial charge is 0.394 e. The second kappa shape index (κ2) is 6.97. The summed E-state index contributed by atoms with van der Waals surface area (Å²) < 4.78 is 33.3. The Morgan fingerprint density at radius 1 is 1.15 bits per heavy atom. The normalized spacial score (nSPS) is 16.7. The first-order valence-electron chi connectivity index (χ1n) is 6.72. The standard InChI is InChI=1S/C14H19F2NO3/c15-12-7-10(9-19)8-13(16)14(12)17-3-1-11(2-4-17)20-6-5-18/h7-8,11,18-19H,1-6,9H2. The molecule has 1 aromatic carbocycles. The summed E-state index contributed by atoms with van der Waals surface area (Å²) in [6.07, 6.45) is 1.36. The molecule has 2 N–H and O–H groups in total. The van der Waals surface area contributed by atoms with E-state index in [1.807, 2.05) is 0 Å². The highest BCUT2D eigenvalue weighted by molar-refractivity contribution is 5.51. The van der Waals surface area contributed by atoms with Gasteiger partial charge in [-0.3, -0.25) is 0 Å². The fourth-order valence-electron chi connectivity index (χ4n) is 2.48. The highest BCUT2D eigenvalue weighted by atomic mass is 19.1. The molecule has 2 rings (SSSR count). The molecule has 0 radical (unpaired) electrons. The third-order valence-corrected chi connectivity index (χ3v) is 3.46. The van der Waals surface area contributed by atoms with Crippen molar-refractivity contribution in [2.75, 3.05) is 31.2 Å². The van der Waals surface area contributed by atoms with Gasteiger partial charge in [0.2, 0.25) is 0 Å². The quantitative estimate of drug-likeness (QED) is 0.860. The molecule has 112 valence electrons. The maximum absolute atomic E-state index is 13.9. The van der Waals surface area contributed by atoms with E-state index in [0.29, 0.717) is 32.5 Å². The van der Waals surface area contributed by atoms with Crippen LogP contribution in [0.25, 0.3) is 0 Å². The van der Waals surface area contributed by atoms with Crippen molar-refractivity contribution in [3.63, 3.8) is 0 Å². The summed E-state index contributed by atoms with van der Waals surface area (Å²) in [6, 6.07) is 2.32. The van der Waals surface area contributed by atoms with E-state index in [0.717, 1.165) is 12.1 Å². The molecule has 0 amide bonds. The van der Waals surface area contributed by atoms with Crippen molar-refractivity contribution in [3.8, 4) is 0 Å². The number of rotatable bonds is 5. The highest BCUT2D eigenvalue weighted by Gasteiger charge is 2.24. The van der Waals surface area contributed by atoms with Crippen molar-refractivity contribution in [2.24, 2.45) is 0 Å². The first-order valence-corrected chi connectivity index (χ1v) is 6.72. The highest BCUT2D eigenvalue weighted by Crippen LogP contribution is 2.28. The summed E-state index contributed by atoms with van der Waals surface area (Å²) in [5.41, 5.74) is 0.188. The average molecular weight is 287 g/mol. The predicted molar refractivity (Wildman–Crippen MR) is 70.6 cm³/mol. The van der Waals surface area contributed by atoms with Gasteiger partial charge in [-0.25, -0.2) is 8.78 Å². The van der Waals surface area contributed by atoms with Gasteiger partial charge < -0.3 is 19.8 Å². The van der Waals surface area contributed by atoms with Gasteiger partial charge in [0.1, 0.15) is 17.3 Å².